The van der Waals surface area contributed by atoms with Gasteiger partial charge in [-0.15, -0.1) is 0 Å². The highest BCUT2D eigenvalue weighted by molar-refractivity contribution is 5.86. The minimum absolute atomic E-state index is 0.00741. The van der Waals surface area contributed by atoms with Crippen molar-refractivity contribution in [2.45, 2.75) is 37.8 Å². The van der Waals surface area contributed by atoms with Gasteiger partial charge in [-0.2, -0.15) is 0 Å². The van der Waals surface area contributed by atoms with Crippen LogP contribution in [-0.2, 0) is 14.3 Å². The van der Waals surface area contributed by atoms with Crippen LogP contribution < -0.4 is 5.73 Å². The van der Waals surface area contributed by atoms with Crippen LogP contribution in [-0.4, -0.2) is 55.4 Å². The highest BCUT2D eigenvalue weighted by Gasteiger charge is 2.41. The molecule has 2 rings (SSSR count). The van der Waals surface area contributed by atoms with E-state index in [9.17, 15) is 4.79 Å². The molecule has 0 aromatic rings. The fourth-order valence-corrected chi connectivity index (χ4v) is 2.45. The Morgan fingerprint density at radius 2 is 2.35 bits per heavy atom. The number of hydrogen-bond acceptors (Lipinski definition) is 4. The van der Waals surface area contributed by atoms with Crippen molar-refractivity contribution in [2.75, 3.05) is 32.9 Å². The Morgan fingerprint density at radius 1 is 1.53 bits per heavy atom. The monoisotopic (exact) mass is 242 g/mol. The summed E-state index contributed by atoms with van der Waals surface area (Å²) in [4.78, 5) is 14.2. The Labute approximate surface area is 102 Å². The Hall–Kier alpha value is -0.650. The lowest BCUT2D eigenvalue weighted by molar-refractivity contribution is -0.138. The highest BCUT2D eigenvalue weighted by atomic mass is 16.5. The number of likely N-dealkylation sites (N-methyl/N-ethyl adjacent to an activating group) is 1. The number of nitrogens with zero attached hydrogens (tertiary/aromatic N) is 1. The maximum atomic E-state index is 12.4. The number of carbonyl (C=O) groups excluding carboxylic acids is 1. The van der Waals surface area contributed by atoms with E-state index in [0.717, 1.165) is 19.4 Å². The average molecular weight is 242 g/mol. The topological polar surface area (TPSA) is 64.8 Å². The summed E-state index contributed by atoms with van der Waals surface area (Å²) in [5.74, 6) is 0.00741. The second-order valence-corrected chi connectivity index (χ2v) is 4.94. The van der Waals surface area contributed by atoms with Crippen molar-refractivity contribution < 1.29 is 14.3 Å². The van der Waals surface area contributed by atoms with Gasteiger partial charge in [0.05, 0.1) is 12.7 Å². The minimum Gasteiger partial charge on any atom is -0.379 e. The number of hydrogen-bond donors (Lipinski definition) is 1. The Morgan fingerprint density at radius 3 is 2.88 bits per heavy atom. The molecule has 17 heavy (non-hydrogen) atoms. The molecule has 0 aliphatic carbocycles. The molecule has 0 bridgehead atoms. The standard InChI is InChI=1S/C12H22N2O3/c1-2-14(8-10-4-3-6-17-10)11(15)12(13)5-7-16-9-12/h10H,2-9,13H2,1H3. The van der Waals surface area contributed by atoms with Gasteiger partial charge in [-0.05, 0) is 26.2 Å². The number of carbonyl (C=O) groups is 1. The first-order chi connectivity index (χ1) is 8.15. The molecule has 0 aromatic heterocycles. The van der Waals surface area contributed by atoms with Crippen molar-refractivity contribution in [2.24, 2.45) is 5.73 Å². The molecule has 2 aliphatic rings. The van der Waals surface area contributed by atoms with E-state index in [-0.39, 0.29) is 12.0 Å². The van der Waals surface area contributed by atoms with Gasteiger partial charge in [-0.3, -0.25) is 4.79 Å². The molecule has 2 saturated heterocycles. The quantitative estimate of drug-likeness (QED) is 0.761. The van der Waals surface area contributed by atoms with E-state index in [1.165, 1.54) is 0 Å². The summed E-state index contributed by atoms with van der Waals surface area (Å²) < 4.78 is 10.8. The first-order valence-corrected chi connectivity index (χ1v) is 6.43. The van der Waals surface area contributed by atoms with Gasteiger partial charge in [0.1, 0.15) is 5.54 Å². The van der Waals surface area contributed by atoms with Crippen molar-refractivity contribution in [3.05, 3.63) is 0 Å². The predicted octanol–water partition coefficient (Wildman–Crippen LogP) is 0.132. The molecular weight excluding hydrogens is 220 g/mol. The van der Waals surface area contributed by atoms with Crippen molar-refractivity contribution in [3.63, 3.8) is 0 Å². The molecule has 2 heterocycles. The molecule has 1 amide bonds. The maximum absolute atomic E-state index is 12.4. The number of rotatable bonds is 4. The summed E-state index contributed by atoms with van der Waals surface area (Å²) in [5.41, 5.74) is 5.29. The van der Waals surface area contributed by atoms with Gasteiger partial charge in [-0.1, -0.05) is 0 Å². The van der Waals surface area contributed by atoms with Crippen LogP contribution in [0.5, 0.6) is 0 Å². The van der Waals surface area contributed by atoms with E-state index in [1.54, 1.807) is 0 Å². The van der Waals surface area contributed by atoms with Crippen LogP contribution in [0.25, 0.3) is 0 Å². The lowest BCUT2D eigenvalue weighted by Gasteiger charge is -2.31. The molecule has 98 valence electrons. The van der Waals surface area contributed by atoms with Crippen LogP contribution in [0, 0.1) is 0 Å². The van der Waals surface area contributed by atoms with Crippen molar-refractivity contribution in [3.8, 4) is 0 Å². The summed E-state index contributed by atoms with van der Waals surface area (Å²) in [6.45, 7) is 5.05. The molecule has 2 aliphatic heterocycles. The van der Waals surface area contributed by atoms with Crippen LogP contribution in [0.1, 0.15) is 26.2 Å². The third-order valence-corrected chi connectivity index (χ3v) is 3.60. The zero-order valence-corrected chi connectivity index (χ0v) is 10.5. The number of nitrogens with two attached hydrogens (primary N) is 1. The van der Waals surface area contributed by atoms with Gasteiger partial charge in [0, 0.05) is 26.3 Å². The molecule has 2 N–H and O–H groups in total. The van der Waals surface area contributed by atoms with E-state index in [4.69, 9.17) is 15.2 Å². The molecule has 0 radical (unpaired) electrons. The lowest BCUT2D eigenvalue weighted by Crippen LogP contribution is -2.57. The summed E-state index contributed by atoms with van der Waals surface area (Å²) in [5, 5.41) is 0. The van der Waals surface area contributed by atoms with Gasteiger partial charge in [0.15, 0.2) is 0 Å². The van der Waals surface area contributed by atoms with Crippen LogP contribution >= 0.6 is 0 Å². The zero-order chi connectivity index (χ0) is 12.3. The summed E-state index contributed by atoms with van der Waals surface area (Å²) in [6.07, 6.45) is 2.93. The van der Waals surface area contributed by atoms with Crippen LogP contribution in [0.4, 0.5) is 0 Å². The molecule has 0 spiro atoms. The van der Waals surface area contributed by atoms with E-state index in [1.807, 2.05) is 11.8 Å². The molecular formula is C12H22N2O3. The normalized spacial score (nSPS) is 32.9. The highest BCUT2D eigenvalue weighted by Crippen LogP contribution is 2.20. The average Bonchev–Trinajstić information content (AvgIpc) is 2.97. The largest absolute Gasteiger partial charge is 0.379 e. The molecule has 5 nitrogen and oxygen atoms in total. The lowest BCUT2D eigenvalue weighted by atomic mass is 9.98. The summed E-state index contributed by atoms with van der Waals surface area (Å²) >= 11 is 0. The fourth-order valence-electron chi connectivity index (χ4n) is 2.45. The minimum atomic E-state index is -0.811. The maximum Gasteiger partial charge on any atom is 0.245 e. The van der Waals surface area contributed by atoms with E-state index in [2.05, 4.69) is 0 Å². The second-order valence-electron chi connectivity index (χ2n) is 4.94. The molecule has 2 unspecified atom stereocenters. The van der Waals surface area contributed by atoms with Gasteiger partial charge in [-0.25, -0.2) is 0 Å². The fraction of sp³-hybridized carbons (Fsp3) is 0.917. The second kappa shape index (κ2) is 5.33. The van der Waals surface area contributed by atoms with Gasteiger partial charge >= 0.3 is 0 Å². The predicted molar refractivity (Wildman–Crippen MR) is 63.6 cm³/mol. The van der Waals surface area contributed by atoms with Crippen LogP contribution in [0.15, 0.2) is 0 Å². The van der Waals surface area contributed by atoms with E-state index >= 15 is 0 Å². The zero-order valence-electron chi connectivity index (χ0n) is 10.5. The van der Waals surface area contributed by atoms with Gasteiger partial charge in [0.25, 0.3) is 0 Å². The first-order valence-electron chi connectivity index (χ1n) is 6.43. The molecule has 5 heteroatoms. The van der Waals surface area contributed by atoms with Gasteiger partial charge in [0.2, 0.25) is 5.91 Å². The Bertz CT molecular complexity index is 271. The third-order valence-electron chi connectivity index (χ3n) is 3.60. The van der Waals surface area contributed by atoms with Crippen molar-refractivity contribution in [1.82, 2.24) is 4.90 Å². The Balaban J connectivity index is 1.94. The molecule has 0 saturated carbocycles. The molecule has 2 fully saturated rings. The number of ether oxygens (including phenoxy) is 2. The van der Waals surface area contributed by atoms with Gasteiger partial charge < -0.3 is 20.1 Å². The summed E-state index contributed by atoms with van der Waals surface area (Å²) in [6, 6.07) is 0. The molecule has 0 aromatic carbocycles. The first kappa shape index (κ1) is 12.8. The molecule has 2 atom stereocenters. The van der Waals surface area contributed by atoms with E-state index < -0.39 is 5.54 Å². The smallest absolute Gasteiger partial charge is 0.245 e. The number of amides is 1. The third kappa shape index (κ3) is 2.78. The SMILES string of the molecule is CCN(CC1CCCO1)C(=O)C1(N)CCOC1. The summed E-state index contributed by atoms with van der Waals surface area (Å²) in [7, 11) is 0. The van der Waals surface area contributed by atoms with Crippen LogP contribution in [0.3, 0.4) is 0 Å². The Kier molecular flexibility index (Phi) is 4.01. The van der Waals surface area contributed by atoms with Crippen molar-refractivity contribution >= 4 is 5.91 Å². The van der Waals surface area contributed by atoms with E-state index in [0.29, 0.717) is 32.7 Å². The van der Waals surface area contributed by atoms with Crippen LogP contribution in [0.2, 0.25) is 0 Å². The van der Waals surface area contributed by atoms with Crippen molar-refractivity contribution in [1.29, 1.82) is 0 Å².